The van der Waals surface area contributed by atoms with E-state index in [0.717, 1.165) is 11.1 Å². The Morgan fingerprint density at radius 2 is 2.04 bits per heavy atom. The molecule has 0 aliphatic heterocycles. The van der Waals surface area contributed by atoms with Gasteiger partial charge in [-0.2, -0.15) is 8.78 Å². The number of methoxy groups -OCH3 is 1. The van der Waals surface area contributed by atoms with Crippen molar-refractivity contribution in [2.24, 2.45) is 0 Å². The van der Waals surface area contributed by atoms with Crippen LogP contribution in [0.4, 0.5) is 8.78 Å². The summed E-state index contributed by atoms with van der Waals surface area (Å²) in [6.45, 7) is -1.01. The summed E-state index contributed by atoms with van der Waals surface area (Å²) in [4.78, 5) is 16.6. The average molecular weight is 319 g/mol. The minimum absolute atomic E-state index is 0.0132. The van der Waals surface area contributed by atoms with E-state index in [9.17, 15) is 13.6 Å². The van der Waals surface area contributed by atoms with E-state index in [4.69, 9.17) is 4.74 Å². The van der Waals surface area contributed by atoms with Crippen molar-refractivity contribution in [1.82, 2.24) is 4.98 Å². The average Bonchev–Trinajstić information content (AvgIpc) is 2.86. The number of carbonyl (C=O) groups excluding carboxylic acids is 1. The number of halogens is 2. The zero-order chi connectivity index (χ0) is 16.6. The molecule has 6 heteroatoms. The minimum Gasteiger partial charge on any atom is -0.493 e. The van der Waals surface area contributed by atoms with Crippen LogP contribution in [0.2, 0.25) is 0 Å². The number of nitrogens with zero attached hydrogens (tertiary/aromatic N) is 1. The minimum atomic E-state index is -2.93. The molecule has 1 atom stereocenters. The smallest absolute Gasteiger partial charge is 0.387 e. The summed E-state index contributed by atoms with van der Waals surface area (Å²) in [7, 11) is 1.37. The lowest BCUT2D eigenvalue weighted by atomic mass is 9.94. The fourth-order valence-electron chi connectivity index (χ4n) is 2.92. The van der Waals surface area contributed by atoms with Crippen molar-refractivity contribution >= 4 is 5.78 Å². The fraction of sp³-hybridized carbons (Fsp3) is 0.294. The predicted octanol–water partition coefficient (Wildman–Crippen LogP) is 3.52. The van der Waals surface area contributed by atoms with Gasteiger partial charge in [0, 0.05) is 18.0 Å². The fourth-order valence-corrected chi connectivity index (χ4v) is 2.92. The Morgan fingerprint density at radius 1 is 1.26 bits per heavy atom. The maximum Gasteiger partial charge on any atom is 0.387 e. The molecule has 1 aromatic carbocycles. The highest BCUT2D eigenvalue weighted by Crippen LogP contribution is 2.38. The molecule has 1 aromatic heterocycles. The van der Waals surface area contributed by atoms with E-state index in [2.05, 4.69) is 9.72 Å². The summed E-state index contributed by atoms with van der Waals surface area (Å²) >= 11 is 0. The Hall–Kier alpha value is -2.50. The molecule has 1 aliphatic rings. The summed E-state index contributed by atoms with van der Waals surface area (Å²) in [6.07, 6.45) is 3.88. The van der Waals surface area contributed by atoms with Crippen molar-refractivity contribution in [2.75, 3.05) is 7.11 Å². The van der Waals surface area contributed by atoms with Crippen LogP contribution in [0.25, 0.3) is 0 Å². The van der Waals surface area contributed by atoms with Crippen LogP contribution < -0.4 is 9.47 Å². The number of aryl methyl sites for hydroxylation is 1. The van der Waals surface area contributed by atoms with Gasteiger partial charge < -0.3 is 9.47 Å². The van der Waals surface area contributed by atoms with Gasteiger partial charge in [0.2, 0.25) is 0 Å². The molecule has 1 aliphatic carbocycles. The highest BCUT2D eigenvalue weighted by Gasteiger charge is 2.33. The number of ether oxygens (including phenoxy) is 2. The van der Waals surface area contributed by atoms with Crippen molar-refractivity contribution < 1.29 is 23.0 Å². The second kappa shape index (κ2) is 5.95. The highest BCUT2D eigenvalue weighted by atomic mass is 19.3. The Morgan fingerprint density at radius 3 is 2.70 bits per heavy atom. The van der Waals surface area contributed by atoms with Crippen LogP contribution in [0.1, 0.15) is 33.0 Å². The number of pyridine rings is 1. The van der Waals surface area contributed by atoms with Gasteiger partial charge in [-0.1, -0.05) is 6.07 Å². The quantitative estimate of drug-likeness (QED) is 0.865. The van der Waals surface area contributed by atoms with Crippen molar-refractivity contribution in [3.8, 4) is 11.5 Å². The number of hydrogen-bond acceptors (Lipinski definition) is 4. The molecule has 0 unspecified atom stereocenters. The Kier molecular flexibility index (Phi) is 3.98. The summed E-state index contributed by atoms with van der Waals surface area (Å²) in [5.74, 6) is -0.239. The number of ketones is 1. The molecule has 0 spiro atoms. The Balaban J connectivity index is 1.95. The number of fused-ring (bicyclic) bond motifs is 1. The third-order valence-corrected chi connectivity index (χ3v) is 4.07. The van der Waals surface area contributed by atoms with Crippen molar-refractivity contribution in [1.29, 1.82) is 0 Å². The summed E-state index contributed by atoms with van der Waals surface area (Å²) < 4.78 is 34.3. The molecule has 23 heavy (non-hydrogen) atoms. The first-order valence-electron chi connectivity index (χ1n) is 7.11. The first kappa shape index (κ1) is 15.4. The van der Waals surface area contributed by atoms with Crippen LogP contribution in [-0.4, -0.2) is 24.5 Å². The topological polar surface area (TPSA) is 48.4 Å². The molecule has 0 N–H and O–H groups in total. The van der Waals surface area contributed by atoms with E-state index in [1.165, 1.54) is 13.2 Å². The lowest BCUT2D eigenvalue weighted by molar-refractivity contribution is -0.0512. The summed E-state index contributed by atoms with van der Waals surface area (Å²) in [5, 5.41) is 0. The number of benzene rings is 1. The molecule has 0 saturated heterocycles. The zero-order valence-electron chi connectivity index (χ0n) is 12.7. The molecular weight excluding hydrogens is 304 g/mol. The van der Waals surface area contributed by atoms with Crippen LogP contribution in [0.5, 0.6) is 11.5 Å². The van der Waals surface area contributed by atoms with Gasteiger partial charge >= 0.3 is 6.61 Å². The Bertz CT molecular complexity index is 761. The lowest BCUT2D eigenvalue weighted by Crippen LogP contribution is -2.08. The molecule has 120 valence electrons. The number of rotatable bonds is 4. The molecule has 0 radical (unpaired) electrons. The molecule has 4 nitrogen and oxygen atoms in total. The van der Waals surface area contributed by atoms with E-state index in [0.29, 0.717) is 17.5 Å². The van der Waals surface area contributed by atoms with Crippen molar-refractivity contribution in [2.45, 2.75) is 25.9 Å². The van der Waals surface area contributed by atoms with Crippen LogP contribution >= 0.6 is 0 Å². The van der Waals surface area contributed by atoms with E-state index in [1.807, 2.05) is 6.92 Å². The third kappa shape index (κ3) is 2.76. The van der Waals surface area contributed by atoms with Crippen molar-refractivity contribution in [3.63, 3.8) is 0 Å². The standard InChI is InChI=1S/C17H15F2NO3/c1-9-7-20-8-13-11(9)6-12(16(13)21)10-3-4-14(23-17(18)19)15(5-10)22-2/h3-5,7-8,12,17H,6H2,1-2H3/t12-/m0/s1. The number of hydrogen-bond donors (Lipinski definition) is 0. The number of alkyl halides is 2. The van der Waals surface area contributed by atoms with E-state index < -0.39 is 6.61 Å². The largest absolute Gasteiger partial charge is 0.493 e. The molecule has 1 heterocycles. The first-order chi connectivity index (χ1) is 11.0. The molecule has 0 amide bonds. The number of Topliss-reactive ketones (excluding diaryl/α,β-unsaturated/α-hetero) is 1. The molecule has 0 saturated carbocycles. The van der Waals surface area contributed by atoms with Gasteiger partial charge in [-0.15, -0.1) is 0 Å². The van der Waals surface area contributed by atoms with Gasteiger partial charge in [-0.05, 0) is 42.2 Å². The normalized spacial score (nSPS) is 16.6. The van der Waals surface area contributed by atoms with E-state index >= 15 is 0 Å². The van der Waals surface area contributed by atoms with Gasteiger partial charge in [0.15, 0.2) is 17.3 Å². The zero-order valence-corrected chi connectivity index (χ0v) is 12.7. The van der Waals surface area contributed by atoms with Crippen molar-refractivity contribution in [3.05, 3.63) is 52.8 Å². The van der Waals surface area contributed by atoms with Crippen LogP contribution in [0.15, 0.2) is 30.6 Å². The second-order valence-electron chi connectivity index (χ2n) is 5.39. The maximum absolute atomic E-state index is 12.6. The Labute approximate surface area is 132 Å². The van der Waals surface area contributed by atoms with Gasteiger partial charge in [-0.25, -0.2) is 0 Å². The number of aromatic nitrogens is 1. The summed E-state index contributed by atoms with van der Waals surface area (Å²) in [6, 6.07) is 4.61. The lowest BCUT2D eigenvalue weighted by Gasteiger charge is -2.14. The third-order valence-electron chi connectivity index (χ3n) is 4.07. The predicted molar refractivity (Wildman–Crippen MR) is 79.4 cm³/mol. The molecule has 2 aromatic rings. The second-order valence-corrected chi connectivity index (χ2v) is 5.39. The monoisotopic (exact) mass is 319 g/mol. The van der Waals surface area contributed by atoms with Crippen LogP contribution in [0.3, 0.4) is 0 Å². The van der Waals surface area contributed by atoms with E-state index in [-0.39, 0.29) is 23.2 Å². The van der Waals surface area contributed by atoms with Crippen LogP contribution in [-0.2, 0) is 6.42 Å². The highest BCUT2D eigenvalue weighted by molar-refractivity contribution is 6.05. The number of carbonyl (C=O) groups is 1. The molecular formula is C17H15F2NO3. The van der Waals surface area contributed by atoms with Gasteiger partial charge in [0.25, 0.3) is 0 Å². The molecule has 3 rings (SSSR count). The molecule has 0 bridgehead atoms. The van der Waals surface area contributed by atoms with E-state index in [1.54, 1.807) is 24.5 Å². The van der Waals surface area contributed by atoms with Crippen LogP contribution in [0, 0.1) is 6.92 Å². The molecule has 0 fully saturated rings. The maximum atomic E-state index is 12.6. The summed E-state index contributed by atoms with van der Waals surface area (Å²) in [5.41, 5.74) is 3.30. The van der Waals surface area contributed by atoms with Gasteiger partial charge in [0.05, 0.1) is 13.0 Å². The van der Waals surface area contributed by atoms with Gasteiger partial charge in [-0.3, -0.25) is 9.78 Å². The SMILES string of the molecule is COc1cc([C@@H]2Cc3c(C)cncc3C2=O)ccc1OC(F)F. The van der Waals surface area contributed by atoms with Gasteiger partial charge in [0.1, 0.15) is 0 Å². The first-order valence-corrected chi connectivity index (χ1v) is 7.11.